The van der Waals surface area contributed by atoms with Crippen molar-refractivity contribution in [3.05, 3.63) is 81.5 Å². The molecule has 0 spiro atoms. The van der Waals surface area contributed by atoms with Gasteiger partial charge in [0.15, 0.2) is 6.10 Å². The zero-order chi connectivity index (χ0) is 27.1. The van der Waals surface area contributed by atoms with Gasteiger partial charge in [-0.3, -0.25) is 9.59 Å². The maximum Gasteiger partial charge on any atom is 0.341 e. The monoisotopic (exact) mass is 537 g/mol. The number of rotatable bonds is 9. The summed E-state index contributed by atoms with van der Waals surface area (Å²) in [5.41, 5.74) is 4.36. The van der Waals surface area contributed by atoms with E-state index in [0.29, 0.717) is 21.9 Å². The Morgan fingerprint density at radius 1 is 1.11 bits per heavy atom. The van der Waals surface area contributed by atoms with E-state index < -0.39 is 23.8 Å². The Labute approximate surface area is 223 Å². The largest absolute Gasteiger partial charge is 0.481 e. The highest BCUT2D eigenvalue weighted by atomic mass is 32.1. The van der Waals surface area contributed by atoms with Crippen molar-refractivity contribution >= 4 is 40.3 Å². The van der Waals surface area contributed by atoms with E-state index in [2.05, 4.69) is 15.8 Å². The van der Waals surface area contributed by atoms with Crippen molar-refractivity contribution < 1.29 is 28.2 Å². The number of nitrogens with zero attached hydrogens (tertiary/aromatic N) is 1. The normalized spacial score (nSPS) is 13.4. The number of carbonyl (C=O) groups is 3. The number of hydrogen-bond acceptors (Lipinski definition) is 7. The van der Waals surface area contributed by atoms with Crippen molar-refractivity contribution in [2.24, 2.45) is 5.10 Å². The molecule has 1 heterocycles. The van der Waals surface area contributed by atoms with Crippen LogP contribution in [0.1, 0.15) is 63.4 Å². The Bertz CT molecular complexity index is 1350. The summed E-state index contributed by atoms with van der Waals surface area (Å²) in [6.07, 6.45) is 4.05. The fraction of sp³-hybridized carbons (Fsp3) is 0.286. The van der Waals surface area contributed by atoms with Crippen molar-refractivity contribution in [2.75, 3.05) is 11.9 Å². The lowest BCUT2D eigenvalue weighted by Crippen LogP contribution is -2.33. The number of benzene rings is 2. The van der Waals surface area contributed by atoms with Gasteiger partial charge in [0.25, 0.3) is 11.8 Å². The third kappa shape index (κ3) is 6.44. The molecule has 0 saturated carbocycles. The number of carbonyl (C=O) groups excluding carboxylic acids is 3. The molecule has 0 bridgehead atoms. The first-order valence-corrected chi connectivity index (χ1v) is 13.2. The van der Waals surface area contributed by atoms with Gasteiger partial charge in [-0.25, -0.2) is 14.6 Å². The Hall–Kier alpha value is -4.05. The molecular weight excluding hydrogens is 509 g/mol. The van der Waals surface area contributed by atoms with Gasteiger partial charge < -0.3 is 14.8 Å². The molecule has 2 N–H and O–H groups in total. The summed E-state index contributed by atoms with van der Waals surface area (Å²) in [4.78, 5) is 39.0. The van der Waals surface area contributed by atoms with E-state index in [-0.39, 0.29) is 18.1 Å². The Morgan fingerprint density at radius 3 is 2.58 bits per heavy atom. The van der Waals surface area contributed by atoms with Gasteiger partial charge in [-0.2, -0.15) is 5.10 Å². The second-order valence-corrected chi connectivity index (χ2v) is 9.74. The smallest absolute Gasteiger partial charge is 0.341 e. The second kappa shape index (κ2) is 12.5. The van der Waals surface area contributed by atoms with Gasteiger partial charge in [0, 0.05) is 16.0 Å². The number of esters is 1. The molecule has 1 aliphatic rings. The number of aryl methyl sites for hydroxylation is 1. The number of nitrogens with one attached hydrogen (secondary N) is 2. The van der Waals surface area contributed by atoms with E-state index in [1.165, 1.54) is 29.7 Å². The maximum atomic E-state index is 13.6. The van der Waals surface area contributed by atoms with Crippen molar-refractivity contribution in [1.82, 2.24) is 5.43 Å². The van der Waals surface area contributed by atoms with E-state index in [0.717, 1.165) is 36.1 Å². The summed E-state index contributed by atoms with van der Waals surface area (Å²) >= 11 is 1.43. The maximum absolute atomic E-state index is 13.6. The zero-order valence-electron chi connectivity index (χ0n) is 21.1. The molecule has 2 amide bonds. The SMILES string of the molecule is CCOC(=O)c1c(NC(=O)c2ccc(OC(C)C(=O)NN=Cc3ccccc3F)cc2)sc2c1CCCC2. The van der Waals surface area contributed by atoms with Crippen LogP contribution in [-0.2, 0) is 22.4 Å². The summed E-state index contributed by atoms with van der Waals surface area (Å²) in [6, 6.07) is 12.4. The minimum atomic E-state index is -0.892. The van der Waals surface area contributed by atoms with Gasteiger partial charge in [-0.1, -0.05) is 18.2 Å². The molecule has 2 aromatic carbocycles. The quantitative estimate of drug-likeness (QED) is 0.224. The van der Waals surface area contributed by atoms with E-state index in [9.17, 15) is 18.8 Å². The highest BCUT2D eigenvalue weighted by molar-refractivity contribution is 7.17. The highest BCUT2D eigenvalue weighted by Crippen LogP contribution is 2.38. The first kappa shape index (κ1) is 27.0. The van der Waals surface area contributed by atoms with Crippen LogP contribution in [0.3, 0.4) is 0 Å². The van der Waals surface area contributed by atoms with Crippen LogP contribution in [0.5, 0.6) is 5.75 Å². The molecule has 1 atom stereocenters. The topological polar surface area (TPSA) is 106 Å². The number of thiophene rings is 1. The molecule has 198 valence electrons. The average molecular weight is 538 g/mol. The van der Waals surface area contributed by atoms with Gasteiger partial charge >= 0.3 is 5.97 Å². The molecule has 1 aliphatic carbocycles. The van der Waals surface area contributed by atoms with Crippen LogP contribution in [0, 0.1) is 5.82 Å². The zero-order valence-corrected chi connectivity index (χ0v) is 21.9. The molecule has 0 fully saturated rings. The fourth-order valence-electron chi connectivity index (χ4n) is 4.03. The molecule has 8 nitrogen and oxygen atoms in total. The number of amides is 2. The van der Waals surface area contributed by atoms with Gasteiger partial charge in [0.05, 0.1) is 18.4 Å². The number of ether oxygens (including phenoxy) is 2. The molecule has 0 aliphatic heterocycles. The molecule has 10 heteroatoms. The van der Waals surface area contributed by atoms with Crippen molar-refractivity contribution in [3.63, 3.8) is 0 Å². The lowest BCUT2D eigenvalue weighted by Gasteiger charge is -2.13. The third-order valence-electron chi connectivity index (χ3n) is 5.96. The average Bonchev–Trinajstić information content (AvgIpc) is 3.28. The van der Waals surface area contributed by atoms with Crippen molar-refractivity contribution in [3.8, 4) is 5.75 Å². The first-order valence-electron chi connectivity index (χ1n) is 12.3. The number of halogens is 1. The minimum absolute atomic E-state index is 0.243. The van der Waals surface area contributed by atoms with Crippen LogP contribution in [-0.4, -0.2) is 36.7 Å². The van der Waals surface area contributed by atoms with Gasteiger partial charge in [0.2, 0.25) is 0 Å². The van der Waals surface area contributed by atoms with E-state index >= 15 is 0 Å². The predicted octanol–water partition coefficient (Wildman–Crippen LogP) is 5.11. The summed E-state index contributed by atoms with van der Waals surface area (Å²) < 4.78 is 24.5. The first-order chi connectivity index (χ1) is 18.4. The van der Waals surface area contributed by atoms with E-state index in [4.69, 9.17) is 9.47 Å². The van der Waals surface area contributed by atoms with Crippen LogP contribution >= 0.6 is 11.3 Å². The lowest BCUT2D eigenvalue weighted by molar-refractivity contribution is -0.127. The number of hydrazone groups is 1. The summed E-state index contributed by atoms with van der Waals surface area (Å²) in [5, 5.41) is 7.14. The molecule has 3 aromatic rings. The molecular formula is C28H28FN3O5S. The van der Waals surface area contributed by atoms with Crippen LogP contribution in [0.2, 0.25) is 0 Å². The Balaban J connectivity index is 1.37. The van der Waals surface area contributed by atoms with Gasteiger partial charge in [-0.15, -0.1) is 11.3 Å². The molecule has 1 aromatic heterocycles. The molecule has 4 rings (SSSR count). The van der Waals surface area contributed by atoms with Gasteiger partial charge in [0.1, 0.15) is 16.6 Å². The van der Waals surface area contributed by atoms with Crippen LogP contribution in [0.4, 0.5) is 9.39 Å². The fourth-order valence-corrected chi connectivity index (χ4v) is 5.30. The van der Waals surface area contributed by atoms with Crippen LogP contribution in [0.15, 0.2) is 53.6 Å². The summed E-state index contributed by atoms with van der Waals surface area (Å²) in [5.74, 6) is -1.38. The second-order valence-electron chi connectivity index (χ2n) is 8.63. The number of anilines is 1. The van der Waals surface area contributed by atoms with Crippen molar-refractivity contribution in [1.29, 1.82) is 0 Å². The highest BCUT2D eigenvalue weighted by Gasteiger charge is 2.27. The molecule has 1 unspecified atom stereocenters. The minimum Gasteiger partial charge on any atom is -0.481 e. The Kier molecular flexibility index (Phi) is 8.85. The number of hydrogen-bond donors (Lipinski definition) is 2. The van der Waals surface area contributed by atoms with Gasteiger partial charge in [-0.05, 0) is 75.4 Å². The molecule has 38 heavy (non-hydrogen) atoms. The lowest BCUT2D eigenvalue weighted by atomic mass is 9.95. The molecule has 0 radical (unpaired) electrons. The summed E-state index contributed by atoms with van der Waals surface area (Å²) in [7, 11) is 0. The Morgan fingerprint density at radius 2 is 1.84 bits per heavy atom. The summed E-state index contributed by atoms with van der Waals surface area (Å²) in [6.45, 7) is 3.55. The predicted molar refractivity (Wildman–Crippen MR) is 144 cm³/mol. The van der Waals surface area contributed by atoms with Crippen molar-refractivity contribution in [2.45, 2.75) is 45.6 Å². The number of fused-ring (bicyclic) bond motifs is 1. The molecule has 0 saturated heterocycles. The van der Waals surface area contributed by atoms with Crippen LogP contribution in [0.25, 0.3) is 0 Å². The third-order valence-corrected chi connectivity index (χ3v) is 7.17. The van der Waals surface area contributed by atoms with E-state index in [1.807, 2.05) is 0 Å². The standard InChI is InChI=1S/C28H28FN3O5S/c1-3-36-28(35)24-21-9-5-7-11-23(21)38-27(24)31-26(34)18-12-14-20(15-13-18)37-17(2)25(33)32-30-16-19-8-4-6-10-22(19)29/h4,6,8,10,12-17H,3,5,7,9,11H2,1-2H3,(H,31,34)(H,32,33). The van der Waals surface area contributed by atoms with E-state index in [1.54, 1.807) is 50.2 Å². The van der Waals surface area contributed by atoms with Crippen LogP contribution < -0.4 is 15.5 Å².